The van der Waals surface area contributed by atoms with E-state index in [-0.39, 0.29) is 12.0 Å². The van der Waals surface area contributed by atoms with E-state index in [0.717, 1.165) is 103 Å². The molecule has 6 aliphatic heterocycles. The van der Waals surface area contributed by atoms with Crippen LogP contribution in [0.3, 0.4) is 0 Å². The molecule has 0 unspecified atom stereocenters. The molecular formula is C78H155N15O4. The molecule has 3 aromatic carbocycles. The molecule has 0 bridgehead atoms. The van der Waals surface area contributed by atoms with E-state index in [2.05, 4.69) is 165 Å². The van der Waals surface area contributed by atoms with Crippen LogP contribution in [0.25, 0.3) is 0 Å². The summed E-state index contributed by atoms with van der Waals surface area (Å²) in [5.74, 6) is 0.698. The molecule has 6 heterocycles. The molecule has 3 aromatic rings. The number of rotatable bonds is 20. The standard InChI is InChI=1S/C14H15N.C13H17NO.C9H18N2.C7H15N.C6H13N.C6H15N.C5H11NO.C4H9N.C4H11N.C3H9NO.C3H9N.C2H6N2O.C2H7N/c1-3-7-13(8-4-1)11-15-12-14-9-5-2-6-10-14;1-11(15)13(7-9-14-10-8-13)12-5-3-2-4-6-12;1-2-8-11(7-1)9-3-5-10-6-4-9;8-6-7-4-2-1-3-5-7;1-2-6-4-3-5-7-6;1-3-5-6-7-4-2;6-4-5-2-1-3-7-5;1-2-4-5-3-1;1-3-5-4-2;1-5-3-2-4;1-3-4-2;3-1-2(4)5;1-3-2/h1-10,15H,11-12H2;2-6,14H,7-10H2,1H3;9-10H,1-8H2;7H,1-6,8H2;6-7H,2-5H2,1H3;7H,3-6H2,1-2H3;5H,1-4,6H2;5H,1-4H2;5H,3-4H2,1-2H3;2-4H2,1H3;4H,3H2,1-2H3;1,3H2,(H2,4,5);3H,1-2H3/t;;;;6-;;5-;;;;;;/m....1.1....../s1. The Morgan fingerprint density at radius 2 is 1.09 bits per heavy atom. The van der Waals surface area contributed by atoms with Gasteiger partial charge in [-0.15, -0.1) is 0 Å². The van der Waals surface area contributed by atoms with Gasteiger partial charge in [-0.05, 0) is 252 Å². The molecule has 10 rings (SSSR count). The van der Waals surface area contributed by atoms with E-state index in [1.807, 2.05) is 51.5 Å². The van der Waals surface area contributed by atoms with Gasteiger partial charge in [0, 0.05) is 52.0 Å². The predicted octanol–water partition coefficient (Wildman–Crippen LogP) is 8.97. The molecule has 7 fully saturated rings. The summed E-state index contributed by atoms with van der Waals surface area (Å²) in [6, 6.07) is 32.9. The lowest BCUT2D eigenvalue weighted by Crippen LogP contribution is -2.44. The molecule has 19 N–H and O–H groups in total. The normalized spacial score (nSPS) is 18.1. The van der Waals surface area contributed by atoms with Crippen LogP contribution in [-0.4, -0.2) is 194 Å². The Labute approximate surface area is 595 Å². The summed E-state index contributed by atoms with van der Waals surface area (Å²) in [4.78, 5) is 24.0. The first-order chi connectivity index (χ1) is 47.3. The van der Waals surface area contributed by atoms with E-state index in [9.17, 15) is 9.59 Å². The van der Waals surface area contributed by atoms with Crippen molar-refractivity contribution in [2.24, 2.45) is 34.6 Å². The number of ether oxygens (including phenoxy) is 2. The first-order valence-corrected chi connectivity index (χ1v) is 38.1. The van der Waals surface area contributed by atoms with Crippen LogP contribution in [0, 0.1) is 5.92 Å². The molecular weight excluding hydrogens is 1210 g/mol. The molecule has 2 atom stereocenters. The second kappa shape index (κ2) is 76.3. The zero-order chi connectivity index (χ0) is 72.4. The topological polar surface area (TPSA) is 294 Å². The van der Waals surface area contributed by atoms with Gasteiger partial charge in [-0.25, -0.2) is 0 Å². The average molecular weight is 1370 g/mol. The number of ketones is 1. The van der Waals surface area contributed by atoms with Gasteiger partial charge in [0.05, 0.1) is 24.7 Å². The third-order valence-electron chi connectivity index (χ3n) is 17.1. The van der Waals surface area contributed by atoms with Gasteiger partial charge in [0.2, 0.25) is 5.91 Å². The number of hydrogen-bond donors (Lipinski definition) is 14. The Balaban J connectivity index is -0.00000102. The highest BCUT2D eigenvalue weighted by atomic mass is 16.5. The SMILES string of the molecule is C1CCN(C2CCNCC2)C1.C1CCNC1.CC(=O)C1(c2ccccc2)CCNCC1.CCCCNCC.CCNC.CCNCC.CC[C@@H]1CCCN1.CNC.COCCN.NCC(N)=O.NCC1CCCCC1.NC[C@H]1CCCO1.c1ccc(CNCc2ccccc2)cc1. The molecule has 6 saturated heterocycles. The maximum absolute atomic E-state index is 11.9. The second-order valence-corrected chi connectivity index (χ2v) is 25.1. The van der Waals surface area contributed by atoms with Gasteiger partial charge in [-0.2, -0.15) is 0 Å². The summed E-state index contributed by atoms with van der Waals surface area (Å²) in [7, 11) is 7.31. The largest absolute Gasteiger partial charge is 0.383 e. The van der Waals surface area contributed by atoms with Crippen LogP contribution < -0.4 is 76.5 Å². The van der Waals surface area contributed by atoms with Crippen LogP contribution in [0.4, 0.5) is 0 Å². The van der Waals surface area contributed by atoms with Crippen molar-refractivity contribution in [3.05, 3.63) is 108 Å². The molecule has 1 amide bonds. The van der Waals surface area contributed by atoms with Gasteiger partial charge in [-0.3, -0.25) is 9.59 Å². The Morgan fingerprint density at radius 3 is 1.41 bits per heavy atom. The van der Waals surface area contributed by atoms with E-state index in [1.165, 1.54) is 178 Å². The van der Waals surface area contributed by atoms with Crippen molar-refractivity contribution in [1.82, 2.24) is 52.8 Å². The molecule has 0 radical (unpaired) electrons. The van der Waals surface area contributed by atoms with Crippen molar-refractivity contribution in [3.8, 4) is 0 Å². The molecule has 97 heavy (non-hydrogen) atoms. The molecule has 0 spiro atoms. The number of nitrogens with zero attached hydrogens (tertiary/aromatic N) is 1. The number of piperidine rings is 2. The predicted molar refractivity (Wildman–Crippen MR) is 420 cm³/mol. The number of benzene rings is 3. The van der Waals surface area contributed by atoms with Crippen LogP contribution in [0.5, 0.6) is 0 Å². The van der Waals surface area contributed by atoms with Crippen LogP contribution in [-0.2, 0) is 37.6 Å². The Bertz CT molecular complexity index is 1900. The lowest BCUT2D eigenvalue weighted by Gasteiger charge is -2.35. The zero-order valence-electron chi connectivity index (χ0n) is 64.1. The highest BCUT2D eigenvalue weighted by Crippen LogP contribution is 2.34. The second-order valence-electron chi connectivity index (χ2n) is 25.1. The van der Waals surface area contributed by atoms with Gasteiger partial charge >= 0.3 is 0 Å². The fourth-order valence-electron chi connectivity index (χ4n) is 11.1. The Kier molecular flexibility index (Phi) is 76.6. The minimum absolute atomic E-state index is 0.0556. The summed E-state index contributed by atoms with van der Waals surface area (Å²) in [6.45, 7) is 36.6. The van der Waals surface area contributed by atoms with Gasteiger partial charge < -0.3 is 90.9 Å². The molecule has 566 valence electrons. The molecule has 19 nitrogen and oxygen atoms in total. The third kappa shape index (κ3) is 60.6. The zero-order valence-corrected chi connectivity index (χ0v) is 64.1. The number of nitrogens with one attached hydrogen (secondary N) is 9. The highest BCUT2D eigenvalue weighted by molar-refractivity contribution is 5.88. The van der Waals surface area contributed by atoms with Crippen molar-refractivity contribution in [3.63, 3.8) is 0 Å². The monoisotopic (exact) mass is 1370 g/mol. The van der Waals surface area contributed by atoms with Crippen molar-refractivity contribution >= 4 is 11.7 Å². The number of methoxy groups -OCH3 is 1. The number of hydrogen-bond acceptors (Lipinski definition) is 18. The molecule has 1 saturated carbocycles. The first kappa shape index (κ1) is 97.3. The van der Waals surface area contributed by atoms with E-state index < -0.39 is 5.91 Å². The lowest BCUT2D eigenvalue weighted by atomic mass is 9.70. The van der Waals surface area contributed by atoms with Gasteiger partial charge in [-0.1, -0.05) is 158 Å². The number of primary amides is 1. The van der Waals surface area contributed by atoms with Crippen LogP contribution in [0.2, 0.25) is 0 Å². The van der Waals surface area contributed by atoms with E-state index in [1.54, 1.807) is 14.0 Å². The van der Waals surface area contributed by atoms with Crippen molar-refractivity contribution < 1.29 is 19.1 Å². The van der Waals surface area contributed by atoms with Crippen molar-refractivity contribution in [2.75, 3.05) is 159 Å². The Morgan fingerprint density at radius 1 is 0.588 bits per heavy atom. The highest BCUT2D eigenvalue weighted by Gasteiger charge is 2.38. The minimum Gasteiger partial charge on any atom is -0.383 e. The number of carbonyl (C=O) groups excluding carboxylic acids is 2. The lowest BCUT2D eigenvalue weighted by molar-refractivity contribution is -0.123. The van der Waals surface area contributed by atoms with Crippen LogP contribution in [0.15, 0.2) is 91.0 Å². The minimum atomic E-state index is -0.468. The molecule has 0 aromatic heterocycles. The summed E-state index contributed by atoms with van der Waals surface area (Å²) in [5, 5.41) is 28.8. The van der Waals surface area contributed by atoms with Gasteiger partial charge in [0.25, 0.3) is 0 Å². The summed E-state index contributed by atoms with van der Waals surface area (Å²) in [6.07, 6.45) is 26.7. The summed E-state index contributed by atoms with van der Waals surface area (Å²) in [5.41, 5.74) is 28.7. The van der Waals surface area contributed by atoms with Crippen molar-refractivity contribution in [1.29, 1.82) is 0 Å². The number of unbranched alkanes of at least 4 members (excludes halogenated alkanes) is 1. The van der Waals surface area contributed by atoms with E-state index in [4.69, 9.17) is 27.7 Å². The van der Waals surface area contributed by atoms with Crippen molar-refractivity contribution in [2.45, 2.75) is 214 Å². The fraction of sp³-hybridized carbons (Fsp3) is 0.744. The number of nitrogens with two attached hydrogens (primary N) is 5. The Hall–Kier alpha value is -3.84. The maximum Gasteiger partial charge on any atom is 0.231 e. The van der Waals surface area contributed by atoms with E-state index >= 15 is 0 Å². The summed E-state index contributed by atoms with van der Waals surface area (Å²) >= 11 is 0. The average Bonchev–Trinajstić information content (AvgIpc) is 1.33. The molecule has 1 aliphatic carbocycles. The quantitative estimate of drug-likeness (QED) is 0.0470. The number of carbonyl (C=O) groups is 2. The van der Waals surface area contributed by atoms with Gasteiger partial charge in [0.15, 0.2) is 0 Å². The first-order valence-electron chi connectivity index (χ1n) is 38.1. The van der Waals surface area contributed by atoms with Crippen LogP contribution in [0.1, 0.15) is 194 Å². The molecule has 19 heteroatoms. The number of Topliss-reactive ketones (excluding diaryl/α,β-unsaturated/α-hetero) is 1. The third-order valence-corrected chi connectivity index (χ3v) is 17.1. The smallest absolute Gasteiger partial charge is 0.231 e. The number of amides is 1. The number of likely N-dealkylation sites (tertiary alicyclic amines) is 1. The maximum atomic E-state index is 11.9. The fourth-order valence-corrected chi connectivity index (χ4v) is 11.1. The van der Waals surface area contributed by atoms with Gasteiger partial charge in [0.1, 0.15) is 5.78 Å². The van der Waals surface area contributed by atoms with E-state index in [0.29, 0.717) is 31.6 Å². The molecule has 7 aliphatic rings. The summed E-state index contributed by atoms with van der Waals surface area (Å²) < 4.78 is 9.74. The van der Waals surface area contributed by atoms with Crippen LogP contribution >= 0.6 is 0 Å².